The van der Waals surface area contributed by atoms with Gasteiger partial charge < -0.3 is 24.8 Å². The number of rotatable bonds is 7. The Labute approximate surface area is 180 Å². The predicted molar refractivity (Wildman–Crippen MR) is 117 cm³/mol. The van der Waals surface area contributed by atoms with Crippen molar-refractivity contribution in [3.63, 3.8) is 0 Å². The van der Waals surface area contributed by atoms with Crippen LogP contribution in [0.1, 0.15) is 63.2 Å². The molecule has 1 aliphatic heterocycles. The van der Waals surface area contributed by atoms with E-state index in [1.807, 2.05) is 25.1 Å². The number of ether oxygens (including phenoxy) is 2. The number of fused-ring (bicyclic) bond motifs is 1. The summed E-state index contributed by atoms with van der Waals surface area (Å²) < 4.78 is 11.7. The predicted octanol–water partition coefficient (Wildman–Crippen LogP) is 3.63. The number of amides is 1. The molecule has 3 rings (SSSR count). The van der Waals surface area contributed by atoms with Gasteiger partial charge in [-0.2, -0.15) is 0 Å². The lowest BCUT2D eigenvalue weighted by atomic mass is 9.66. The van der Waals surface area contributed by atoms with E-state index in [1.165, 1.54) is 6.42 Å². The van der Waals surface area contributed by atoms with Crippen molar-refractivity contribution in [2.24, 2.45) is 11.8 Å². The topological polar surface area (TPSA) is 71.0 Å². The molecule has 0 bridgehead atoms. The fourth-order valence-corrected chi connectivity index (χ4v) is 5.19. The van der Waals surface area contributed by atoms with Crippen molar-refractivity contribution in [1.29, 1.82) is 0 Å². The molecule has 1 saturated heterocycles. The number of nitrogens with zero attached hydrogens (tertiary/aromatic N) is 1. The number of phenols is 1. The molecule has 168 valence electrons. The van der Waals surface area contributed by atoms with Crippen molar-refractivity contribution in [2.75, 3.05) is 27.8 Å². The minimum absolute atomic E-state index is 0.0383. The number of hydrogen-bond acceptors (Lipinski definition) is 5. The van der Waals surface area contributed by atoms with E-state index in [2.05, 4.69) is 25.2 Å². The molecule has 6 nitrogen and oxygen atoms in total. The van der Waals surface area contributed by atoms with Gasteiger partial charge in [-0.15, -0.1) is 0 Å². The van der Waals surface area contributed by atoms with Crippen molar-refractivity contribution in [3.8, 4) is 5.75 Å². The molecule has 1 amide bonds. The van der Waals surface area contributed by atoms with Gasteiger partial charge in [-0.3, -0.25) is 4.79 Å². The van der Waals surface area contributed by atoms with Crippen LogP contribution in [0.4, 0.5) is 0 Å². The molecule has 1 aromatic carbocycles. The van der Waals surface area contributed by atoms with E-state index in [4.69, 9.17) is 9.47 Å². The third-order valence-electron chi connectivity index (χ3n) is 6.74. The highest BCUT2D eigenvalue weighted by molar-refractivity contribution is 5.77. The van der Waals surface area contributed by atoms with Gasteiger partial charge in [0.25, 0.3) is 0 Å². The number of aromatic hydroxyl groups is 1. The molecule has 0 radical (unpaired) electrons. The average molecular weight is 419 g/mol. The van der Waals surface area contributed by atoms with Crippen LogP contribution in [-0.2, 0) is 20.8 Å². The third-order valence-corrected chi connectivity index (χ3v) is 6.74. The minimum atomic E-state index is -0.321. The van der Waals surface area contributed by atoms with Crippen LogP contribution < -0.4 is 5.32 Å². The Kier molecular flexibility index (Phi) is 7.43. The van der Waals surface area contributed by atoms with Crippen LogP contribution in [-0.4, -0.2) is 55.4 Å². The van der Waals surface area contributed by atoms with Gasteiger partial charge in [-0.1, -0.05) is 19.4 Å². The van der Waals surface area contributed by atoms with Crippen LogP contribution in [0.3, 0.4) is 0 Å². The molecular formula is C24H38N2O4. The second-order valence-corrected chi connectivity index (χ2v) is 9.73. The largest absolute Gasteiger partial charge is 0.508 e. The molecule has 0 unspecified atom stereocenters. The monoisotopic (exact) mass is 418 g/mol. The summed E-state index contributed by atoms with van der Waals surface area (Å²) in [6.45, 7) is 5.56. The second-order valence-electron chi connectivity index (χ2n) is 9.73. The van der Waals surface area contributed by atoms with Crippen LogP contribution >= 0.6 is 0 Å². The summed E-state index contributed by atoms with van der Waals surface area (Å²) in [6, 6.07) is 5.78. The quantitative estimate of drug-likeness (QED) is 0.708. The highest BCUT2D eigenvalue weighted by Crippen LogP contribution is 2.48. The Hall–Kier alpha value is -1.63. The van der Waals surface area contributed by atoms with Gasteiger partial charge in [0.15, 0.2) is 0 Å². The molecule has 0 spiro atoms. The summed E-state index contributed by atoms with van der Waals surface area (Å²) in [5.41, 5.74) is 1.64. The summed E-state index contributed by atoms with van der Waals surface area (Å²) in [5, 5.41) is 13.6. The molecule has 5 atom stereocenters. The Balaban J connectivity index is 1.86. The van der Waals surface area contributed by atoms with Crippen molar-refractivity contribution in [1.82, 2.24) is 10.2 Å². The molecule has 2 N–H and O–H groups in total. The third kappa shape index (κ3) is 5.34. The molecule has 1 saturated carbocycles. The van der Waals surface area contributed by atoms with E-state index in [-0.39, 0.29) is 23.7 Å². The minimum Gasteiger partial charge on any atom is -0.508 e. The zero-order valence-corrected chi connectivity index (χ0v) is 19.1. The SMILES string of the molecule is COCCC(=O)N[C@@]1(C)C[C@H](c2ccc(O)c(CN(C)C)c2)O[C@@H]2C[C@H](C)CC[C@H]21. The van der Waals surface area contributed by atoms with Crippen LogP contribution in [0.15, 0.2) is 18.2 Å². The van der Waals surface area contributed by atoms with Gasteiger partial charge in [-0.25, -0.2) is 0 Å². The van der Waals surface area contributed by atoms with Crippen LogP contribution in [0.5, 0.6) is 5.75 Å². The lowest BCUT2D eigenvalue weighted by molar-refractivity contribution is -0.154. The molecule has 2 aliphatic rings. The van der Waals surface area contributed by atoms with Crippen LogP contribution in [0.2, 0.25) is 0 Å². The molecule has 30 heavy (non-hydrogen) atoms. The standard InChI is InChI=1S/C24H38N2O4/c1-16-6-8-19-21(12-16)30-22(14-24(19,2)25-23(28)10-11-29-5)17-7-9-20(27)18(13-17)15-26(3)4/h7,9,13,16,19,21-22,27H,6,8,10-12,14-15H2,1-5H3,(H,25,28)/t16-,19-,21-,22-,24+/m1/s1. The fourth-order valence-electron chi connectivity index (χ4n) is 5.19. The van der Waals surface area contributed by atoms with Crippen LogP contribution in [0.25, 0.3) is 0 Å². The molecule has 2 fully saturated rings. The van der Waals surface area contributed by atoms with E-state index in [0.29, 0.717) is 37.2 Å². The van der Waals surface area contributed by atoms with Gasteiger partial charge in [0.05, 0.1) is 18.8 Å². The fraction of sp³-hybridized carbons (Fsp3) is 0.708. The Bertz CT molecular complexity index is 738. The van der Waals surface area contributed by atoms with Crippen molar-refractivity contribution in [3.05, 3.63) is 29.3 Å². The number of nitrogens with one attached hydrogen (secondary N) is 1. The first-order valence-corrected chi connectivity index (χ1v) is 11.1. The highest BCUT2D eigenvalue weighted by atomic mass is 16.5. The molecule has 0 aromatic heterocycles. The van der Waals surface area contributed by atoms with E-state index in [0.717, 1.165) is 30.4 Å². The smallest absolute Gasteiger partial charge is 0.222 e. The lowest BCUT2D eigenvalue weighted by Gasteiger charge is -2.52. The van der Waals surface area contributed by atoms with Gasteiger partial charge in [0.2, 0.25) is 5.91 Å². The molecule has 6 heteroatoms. The van der Waals surface area contributed by atoms with Crippen LogP contribution in [0, 0.1) is 11.8 Å². The van der Waals surface area contributed by atoms with Crippen molar-refractivity contribution in [2.45, 2.75) is 70.2 Å². The first-order valence-electron chi connectivity index (χ1n) is 11.1. The van der Waals surface area contributed by atoms with Gasteiger partial charge >= 0.3 is 0 Å². The maximum Gasteiger partial charge on any atom is 0.222 e. The lowest BCUT2D eigenvalue weighted by Crippen LogP contribution is -2.60. The van der Waals surface area contributed by atoms with Crippen molar-refractivity contribution < 1.29 is 19.4 Å². The van der Waals surface area contributed by atoms with Gasteiger partial charge in [-0.05, 0) is 57.5 Å². The Morgan fingerprint density at radius 1 is 1.37 bits per heavy atom. The number of methoxy groups -OCH3 is 1. The van der Waals surface area contributed by atoms with E-state index in [1.54, 1.807) is 13.2 Å². The molecule has 1 heterocycles. The number of benzene rings is 1. The normalized spacial score (nSPS) is 31.4. The zero-order valence-electron chi connectivity index (χ0n) is 19.1. The molecular weight excluding hydrogens is 380 g/mol. The van der Waals surface area contributed by atoms with Crippen molar-refractivity contribution >= 4 is 5.91 Å². The highest BCUT2D eigenvalue weighted by Gasteiger charge is 2.49. The number of hydrogen-bond donors (Lipinski definition) is 2. The first kappa shape index (κ1) is 23.0. The summed E-state index contributed by atoms with van der Waals surface area (Å²) in [4.78, 5) is 14.6. The van der Waals surface area contributed by atoms with E-state index >= 15 is 0 Å². The summed E-state index contributed by atoms with van der Waals surface area (Å²) in [7, 11) is 5.60. The number of carbonyl (C=O) groups excluding carboxylic acids is 1. The summed E-state index contributed by atoms with van der Waals surface area (Å²) in [6.07, 6.45) is 4.39. The van der Waals surface area contributed by atoms with Gasteiger partial charge in [0, 0.05) is 43.5 Å². The van der Waals surface area contributed by atoms with E-state index < -0.39 is 0 Å². The maximum absolute atomic E-state index is 12.6. The summed E-state index contributed by atoms with van der Waals surface area (Å²) in [5.74, 6) is 1.29. The number of carbonyl (C=O) groups is 1. The Morgan fingerprint density at radius 3 is 2.83 bits per heavy atom. The van der Waals surface area contributed by atoms with E-state index in [9.17, 15) is 9.90 Å². The zero-order chi connectivity index (χ0) is 21.9. The number of phenolic OH excluding ortho intramolecular Hbond substituents is 1. The molecule has 1 aromatic rings. The van der Waals surface area contributed by atoms with Gasteiger partial charge in [0.1, 0.15) is 5.75 Å². The molecule has 1 aliphatic carbocycles. The average Bonchev–Trinajstić information content (AvgIpc) is 2.67. The first-order chi connectivity index (χ1) is 14.2. The maximum atomic E-state index is 12.6. The Morgan fingerprint density at radius 2 is 2.13 bits per heavy atom. The second kappa shape index (κ2) is 9.67. The summed E-state index contributed by atoms with van der Waals surface area (Å²) >= 11 is 0.